The van der Waals surface area contributed by atoms with Crippen molar-refractivity contribution in [2.24, 2.45) is 23.5 Å². The van der Waals surface area contributed by atoms with E-state index in [1.165, 1.54) is 19.8 Å². The highest BCUT2D eigenvalue weighted by molar-refractivity contribution is 8.76. The molecule has 0 aromatic heterocycles. The number of nitrogens with one attached hydrogen (secondary N) is 3. The maximum Gasteiger partial charge on any atom is 0.302 e. The Balaban J connectivity index is 1.14. The third-order valence-electron chi connectivity index (χ3n) is 17.4. The van der Waals surface area contributed by atoms with Crippen molar-refractivity contribution in [3.63, 3.8) is 0 Å². The average Bonchev–Trinajstić information content (AvgIpc) is 3.91. The van der Waals surface area contributed by atoms with Gasteiger partial charge in [-0.2, -0.15) is 0 Å². The van der Waals surface area contributed by atoms with Crippen LogP contribution in [-0.4, -0.2) is 84.0 Å². The van der Waals surface area contributed by atoms with Crippen molar-refractivity contribution < 1.29 is 39.1 Å². The number of aliphatic hydroxyl groups is 1. The van der Waals surface area contributed by atoms with Gasteiger partial charge in [0.05, 0.1) is 30.9 Å². The molecule has 12 nitrogen and oxygen atoms in total. The summed E-state index contributed by atoms with van der Waals surface area (Å²) in [4.78, 5) is 13.0. The van der Waals surface area contributed by atoms with Gasteiger partial charge < -0.3 is 56.0 Å². The van der Waals surface area contributed by atoms with Crippen molar-refractivity contribution in [1.82, 2.24) is 16.0 Å². The van der Waals surface area contributed by atoms with Crippen LogP contribution in [0.4, 0.5) is 0 Å². The number of allylic oxidation sites excluding steroid dienone is 3. The van der Waals surface area contributed by atoms with E-state index in [4.69, 9.17) is 24.7 Å². The molecule has 3 fully saturated rings. The highest BCUT2D eigenvalue weighted by Gasteiger charge is 2.52. The summed E-state index contributed by atoms with van der Waals surface area (Å²) in [6.45, 7) is 4.63. The molecule has 394 valence electrons. The number of dihydropyridines is 1. The summed E-state index contributed by atoms with van der Waals surface area (Å²) < 4.78 is 27.3. The number of hydrogen-bond donors (Lipinski definition) is 7. The third-order valence-corrected chi connectivity index (χ3v) is 20.0. The molecule has 6 bridgehead atoms. The van der Waals surface area contributed by atoms with Crippen molar-refractivity contribution in [2.75, 3.05) is 38.4 Å². The largest absolute Gasteiger partial charge is 0.508 e. The van der Waals surface area contributed by atoms with Crippen LogP contribution in [0.15, 0.2) is 53.8 Å². The fraction of sp³-hybridized carbons (Fsp3) is 0.550. The number of rotatable bonds is 12. The summed E-state index contributed by atoms with van der Waals surface area (Å²) in [7, 11) is 5.44. The van der Waals surface area contributed by atoms with E-state index in [-0.39, 0.29) is 60.6 Å². The number of fused-ring (bicyclic) bond motifs is 11. The minimum Gasteiger partial charge on any atom is -0.508 e. The van der Waals surface area contributed by atoms with Crippen molar-refractivity contribution in [1.29, 1.82) is 0 Å². The lowest BCUT2D eigenvalue weighted by Crippen LogP contribution is -2.49. The van der Waals surface area contributed by atoms with Crippen molar-refractivity contribution in [2.45, 2.75) is 152 Å². The van der Waals surface area contributed by atoms with Crippen LogP contribution >= 0.6 is 21.6 Å². The predicted molar refractivity (Wildman–Crippen MR) is 295 cm³/mol. The highest BCUT2D eigenvalue weighted by Crippen LogP contribution is 2.63. The number of ether oxygens (including phenoxy) is 4. The molecule has 3 aromatic carbocycles. The Bertz CT molecular complexity index is 2800. The second kappa shape index (κ2) is 22.1. The summed E-state index contributed by atoms with van der Waals surface area (Å²) >= 11 is 0. The number of phenolic OH excluding ortho intramolecular Hbond substituents is 2. The van der Waals surface area contributed by atoms with E-state index in [0.29, 0.717) is 54.5 Å². The van der Waals surface area contributed by atoms with Crippen LogP contribution in [0.2, 0.25) is 0 Å². The molecule has 10 atom stereocenters. The molecule has 14 heteroatoms. The van der Waals surface area contributed by atoms with Crippen LogP contribution in [0.3, 0.4) is 0 Å². The zero-order valence-electron chi connectivity index (χ0n) is 43.2. The fourth-order valence-corrected chi connectivity index (χ4v) is 16.5. The van der Waals surface area contributed by atoms with E-state index in [1.807, 2.05) is 33.7 Å². The Morgan fingerprint density at radius 1 is 1.07 bits per heavy atom. The molecule has 5 aliphatic heterocycles. The molecule has 1 spiro atoms. The number of hydrogen-bond acceptors (Lipinski definition) is 14. The zero-order chi connectivity index (χ0) is 51.1. The smallest absolute Gasteiger partial charge is 0.302 e. The maximum absolute atomic E-state index is 13.1. The molecule has 0 radical (unpaired) electrons. The summed E-state index contributed by atoms with van der Waals surface area (Å²) in [5.74, 6) is 11.3. The number of carbonyl (C=O) groups excluding carboxylic acids is 1. The van der Waals surface area contributed by atoms with E-state index in [0.717, 1.165) is 137 Å². The van der Waals surface area contributed by atoms with Gasteiger partial charge in [-0.15, -0.1) is 0 Å². The molecule has 8 N–H and O–H groups in total. The number of nitrogens with two attached hydrogens (primary N) is 1. The molecule has 8 aliphatic rings. The lowest BCUT2D eigenvalue weighted by atomic mass is 9.65. The van der Waals surface area contributed by atoms with Gasteiger partial charge in [-0.05, 0) is 116 Å². The molecule has 1 unspecified atom stereocenters. The first kappa shape index (κ1) is 51.4. The lowest BCUT2D eigenvalue weighted by Gasteiger charge is -2.39. The minimum absolute atomic E-state index is 0.0481. The van der Waals surface area contributed by atoms with Gasteiger partial charge in [-0.25, -0.2) is 0 Å². The standard InChI is InChI=1S/C60H74N4O8S2/c1-4-5-6-9-37(30-65)28-62-29-46-42-12-8-13-48-38(14-19-52(61)64-48)22-35-20-21-60(26-35)27-39-24-41(67)25-50(69-3)53(39)44-16-15-43-47(31-70-34(2)66)57(72-58(43)55(44)60)54(42)45-17-18-49-51(71-59(45)56(46)68)33-74-73-32-36-10-7-11-40(23-36)63-49/h14-19,24-25,35-37,40,47,49,51-52,57,62-65,67-68H,4-7,9-12,20-23,26-33,61H2,1-3H3/t35-,36-,37+,40+,47+,49+,51-,52?,57+,60-/m1/s1. The number of unbranched alkanes of at least 4 members (excludes halogenated alkanes) is 2. The fourth-order valence-electron chi connectivity index (χ4n) is 13.9. The first-order valence-corrected chi connectivity index (χ1v) is 29.9. The normalized spacial score (nSPS) is 28.6. The molecule has 0 amide bonds. The summed E-state index contributed by atoms with van der Waals surface area (Å²) in [5, 5.41) is 46.0. The Hall–Kier alpha value is -4.75. The van der Waals surface area contributed by atoms with Gasteiger partial charge in [-0.3, -0.25) is 4.79 Å². The average molecular weight is 1040 g/mol. The van der Waals surface area contributed by atoms with Crippen LogP contribution in [-0.2, 0) is 34.3 Å². The van der Waals surface area contributed by atoms with Crippen molar-refractivity contribution in [3.05, 3.63) is 92.7 Å². The van der Waals surface area contributed by atoms with E-state index in [9.17, 15) is 20.1 Å². The second-order valence-electron chi connectivity index (χ2n) is 22.4. The van der Waals surface area contributed by atoms with Gasteiger partial charge in [0.2, 0.25) is 0 Å². The van der Waals surface area contributed by atoms with E-state index in [1.54, 1.807) is 13.2 Å². The quantitative estimate of drug-likeness (QED) is 0.0395. The lowest BCUT2D eigenvalue weighted by molar-refractivity contribution is -0.141. The zero-order valence-corrected chi connectivity index (χ0v) is 44.9. The Morgan fingerprint density at radius 3 is 2.78 bits per heavy atom. The Kier molecular flexibility index (Phi) is 15.3. The van der Waals surface area contributed by atoms with Crippen LogP contribution in [0.25, 0.3) is 17.2 Å². The summed E-state index contributed by atoms with van der Waals surface area (Å²) in [6.07, 6.45) is 20.6. The van der Waals surface area contributed by atoms with Gasteiger partial charge in [0.25, 0.3) is 0 Å². The minimum atomic E-state index is -0.691. The topological polar surface area (TPSA) is 177 Å². The monoisotopic (exact) mass is 1040 g/mol. The van der Waals surface area contributed by atoms with Crippen LogP contribution in [0.1, 0.15) is 142 Å². The molecule has 1 saturated heterocycles. The molecule has 2 saturated carbocycles. The van der Waals surface area contributed by atoms with Crippen molar-refractivity contribution >= 4 is 33.6 Å². The van der Waals surface area contributed by atoms with E-state index < -0.39 is 18.2 Å². The van der Waals surface area contributed by atoms with Gasteiger partial charge >= 0.3 is 5.97 Å². The molecule has 74 heavy (non-hydrogen) atoms. The van der Waals surface area contributed by atoms with Gasteiger partial charge in [-0.1, -0.05) is 90.5 Å². The third kappa shape index (κ3) is 10.1. The summed E-state index contributed by atoms with van der Waals surface area (Å²) in [5.41, 5.74) is 16.4. The van der Waals surface area contributed by atoms with E-state index in [2.05, 4.69) is 65.1 Å². The second-order valence-corrected chi connectivity index (χ2v) is 24.9. The molecular weight excluding hydrogens is 969 g/mol. The first-order valence-electron chi connectivity index (χ1n) is 27.4. The van der Waals surface area contributed by atoms with Crippen molar-refractivity contribution in [3.8, 4) is 51.7 Å². The molecule has 11 rings (SSSR count). The SMILES string of the molecule is CCCCC[C@H](CO)CNCc1c(O)c2c(c3c1CC#CC1=C(C=CC(N)N1)C[C@H]1CC[C@]4(Cc5cc(O)cc(OC)c5-c5ccc6c(c54)O[C@H]3[C@H]6COC(C)=O)C1)C=C[C@@H]1N[C@H]3CCC[C@@H](CSSC[C@H]1O2)C3. The maximum atomic E-state index is 13.1. The number of esters is 1. The number of carbonyl (C=O) groups is 1. The Labute approximate surface area is 444 Å². The predicted octanol–water partition coefficient (Wildman–Crippen LogP) is 9.76. The number of benzene rings is 3. The molecular formula is C60H74N4O8S2. The first-order chi connectivity index (χ1) is 36.0. The molecule has 5 heterocycles. The Morgan fingerprint density at radius 2 is 1.95 bits per heavy atom. The number of aliphatic hydroxyl groups excluding tert-OH is 1. The highest BCUT2D eigenvalue weighted by atomic mass is 33.1. The van der Waals surface area contributed by atoms with Gasteiger partial charge in [0.1, 0.15) is 36.1 Å². The summed E-state index contributed by atoms with van der Waals surface area (Å²) in [6, 6.07) is 8.19. The van der Waals surface area contributed by atoms with Gasteiger partial charge in [0.15, 0.2) is 11.5 Å². The number of phenols is 2. The van der Waals surface area contributed by atoms with Crippen LogP contribution < -0.4 is 35.9 Å². The molecule has 3 aliphatic carbocycles. The molecule has 3 aromatic rings. The van der Waals surface area contributed by atoms with E-state index >= 15 is 0 Å². The number of aromatic hydroxyl groups is 2. The number of methoxy groups -OCH3 is 1. The van der Waals surface area contributed by atoms with Gasteiger partial charge in [0, 0.05) is 95.5 Å². The van der Waals surface area contributed by atoms with Crippen LogP contribution in [0.5, 0.6) is 28.7 Å². The van der Waals surface area contributed by atoms with Crippen LogP contribution in [0, 0.1) is 29.6 Å².